The molecular weight excluding hydrogens is 402 g/mol. The third kappa shape index (κ3) is 5.64. The van der Waals surface area contributed by atoms with Gasteiger partial charge in [0.25, 0.3) is 11.1 Å². The Hall–Kier alpha value is -2.71. The highest BCUT2D eigenvalue weighted by Crippen LogP contribution is 2.27. The highest BCUT2D eigenvalue weighted by molar-refractivity contribution is 7.98. The van der Waals surface area contributed by atoms with Gasteiger partial charge in [-0.2, -0.15) is 0 Å². The summed E-state index contributed by atoms with van der Waals surface area (Å²) in [4.78, 5) is 27.1. The summed E-state index contributed by atoms with van der Waals surface area (Å²) in [5, 5.41) is 3.98. The number of carbonyl (C=O) groups excluding carboxylic acids is 2. The summed E-state index contributed by atoms with van der Waals surface area (Å²) in [6, 6.07) is 12.7. The smallest absolute Gasteiger partial charge is 0.404 e. The van der Waals surface area contributed by atoms with Gasteiger partial charge in [0.2, 0.25) is 0 Å². The molecule has 3 aromatic rings. The molecule has 0 aliphatic heterocycles. The van der Waals surface area contributed by atoms with E-state index in [2.05, 4.69) is 15.0 Å². The second-order valence-electron chi connectivity index (χ2n) is 5.85. The number of carbonyl (C=O) groups is 2. The molecule has 3 rings (SSSR count). The maximum atomic E-state index is 12.2. The number of oxazole rings is 1. The predicted molar refractivity (Wildman–Crippen MR) is 108 cm³/mol. The van der Waals surface area contributed by atoms with Crippen molar-refractivity contribution in [2.24, 2.45) is 5.73 Å². The molecule has 0 atom stereocenters. The first-order valence-electron chi connectivity index (χ1n) is 8.49. The Morgan fingerprint density at radius 2 is 2.00 bits per heavy atom. The Morgan fingerprint density at radius 3 is 2.75 bits per heavy atom. The summed E-state index contributed by atoms with van der Waals surface area (Å²) in [6.45, 7) is 0.525. The molecule has 0 spiro atoms. The zero-order chi connectivity index (χ0) is 19.9. The molecule has 9 heteroatoms. The van der Waals surface area contributed by atoms with Gasteiger partial charge in [-0.1, -0.05) is 35.5 Å². The van der Waals surface area contributed by atoms with Crippen LogP contribution in [0.4, 0.5) is 4.79 Å². The number of thioether (sulfide) groups is 1. The van der Waals surface area contributed by atoms with Crippen LogP contribution < -0.4 is 11.1 Å². The van der Waals surface area contributed by atoms with Crippen molar-refractivity contribution >= 4 is 46.5 Å². The second kappa shape index (κ2) is 9.48. The predicted octanol–water partition coefficient (Wildman–Crippen LogP) is 3.99. The number of nitrogens with two attached hydrogens (primary N) is 1. The van der Waals surface area contributed by atoms with Crippen LogP contribution in [-0.4, -0.2) is 30.1 Å². The molecule has 3 N–H and O–H groups in total. The third-order valence-corrected chi connectivity index (χ3v) is 4.91. The number of aromatic nitrogens is 1. The van der Waals surface area contributed by atoms with Crippen LogP contribution in [0.3, 0.4) is 0 Å². The summed E-state index contributed by atoms with van der Waals surface area (Å²) in [6.07, 6.45) is -0.348. The van der Waals surface area contributed by atoms with Crippen LogP contribution in [0, 0.1) is 0 Å². The Balaban J connectivity index is 1.56. The van der Waals surface area contributed by atoms with E-state index in [0.29, 0.717) is 45.6 Å². The summed E-state index contributed by atoms with van der Waals surface area (Å²) in [5.41, 5.74) is 7.69. The number of rotatable bonds is 8. The van der Waals surface area contributed by atoms with E-state index in [1.54, 1.807) is 18.2 Å². The van der Waals surface area contributed by atoms with Gasteiger partial charge in [-0.15, -0.1) is 0 Å². The summed E-state index contributed by atoms with van der Waals surface area (Å²) in [7, 11) is 0. The molecule has 0 fully saturated rings. The van der Waals surface area contributed by atoms with Crippen LogP contribution in [0.15, 0.2) is 52.1 Å². The van der Waals surface area contributed by atoms with Crippen LogP contribution in [0.2, 0.25) is 5.02 Å². The maximum absolute atomic E-state index is 12.2. The highest BCUT2D eigenvalue weighted by atomic mass is 35.5. The van der Waals surface area contributed by atoms with E-state index in [4.69, 9.17) is 21.8 Å². The average Bonchev–Trinajstić information content (AvgIpc) is 3.09. The lowest BCUT2D eigenvalue weighted by Gasteiger charge is -2.05. The zero-order valence-corrected chi connectivity index (χ0v) is 16.4. The van der Waals surface area contributed by atoms with Gasteiger partial charge >= 0.3 is 6.09 Å². The van der Waals surface area contributed by atoms with Crippen molar-refractivity contribution in [3.8, 4) is 0 Å². The number of fused-ring (bicyclic) bond motifs is 1. The van der Waals surface area contributed by atoms with Crippen LogP contribution in [-0.2, 0) is 10.5 Å². The Bertz CT molecular complexity index is 975. The number of hydrogen-bond donors (Lipinski definition) is 2. The first-order valence-corrected chi connectivity index (χ1v) is 9.86. The fourth-order valence-electron chi connectivity index (χ4n) is 2.38. The minimum Gasteiger partial charge on any atom is -0.450 e. The topological polar surface area (TPSA) is 107 Å². The largest absolute Gasteiger partial charge is 0.450 e. The van der Waals surface area contributed by atoms with Gasteiger partial charge in [-0.3, -0.25) is 4.79 Å². The Kier molecular flexibility index (Phi) is 6.78. The number of nitrogens with one attached hydrogen (secondary N) is 1. The number of nitrogens with zero attached hydrogens (tertiary/aromatic N) is 1. The van der Waals surface area contributed by atoms with Gasteiger partial charge in [0.05, 0.1) is 6.61 Å². The zero-order valence-electron chi connectivity index (χ0n) is 14.8. The molecule has 0 radical (unpaired) electrons. The van der Waals surface area contributed by atoms with Crippen LogP contribution in [0.25, 0.3) is 11.1 Å². The molecule has 1 heterocycles. The van der Waals surface area contributed by atoms with Crippen LogP contribution in [0.5, 0.6) is 0 Å². The molecule has 0 aliphatic carbocycles. The fraction of sp³-hybridized carbons (Fsp3) is 0.211. The minimum absolute atomic E-state index is 0.159. The standard InChI is InChI=1S/C19H18ClN3O4S/c20-14-5-2-12(3-6-14)11-28-19-23-15-10-13(4-7-16(15)27-19)17(24)22-8-1-9-26-18(21)25/h2-7,10H,1,8-9,11H2,(H2,21,25)(H,22,24). The van der Waals surface area contributed by atoms with E-state index in [0.717, 1.165) is 5.56 Å². The molecule has 1 aromatic heterocycles. The van der Waals surface area contributed by atoms with E-state index < -0.39 is 6.09 Å². The molecule has 0 unspecified atom stereocenters. The van der Waals surface area contributed by atoms with Crippen molar-refractivity contribution < 1.29 is 18.7 Å². The molecule has 2 aromatic carbocycles. The van der Waals surface area contributed by atoms with Crippen molar-refractivity contribution in [1.82, 2.24) is 10.3 Å². The fourth-order valence-corrected chi connectivity index (χ4v) is 3.30. The van der Waals surface area contributed by atoms with Crippen molar-refractivity contribution in [1.29, 1.82) is 0 Å². The lowest BCUT2D eigenvalue weighted by molar-refractivity contribution is 0.0950. The van der Waals surface area contributed by atoms with E-state index in [1.165, 1.54) is 11.8 Å². The first-order chi connectivity index (χ1) is 13.5. The molecule has 7 nitrogen and oxygen atoms in total. The van der Waals surface area contributed by atoms with Gasteiger partial charge in [0.1, 0.15) is 5.52 Å². The van der Waals surface area contributed by atoms with E-state index >= 15 is 0 Å². The molecule has 0 saturated heterocycles. The quantitative estimate of drug-likeness (QED) is 0.422. The van der Waals surface area contributed by atoms with Gasteiger partial charge in [-0.25, -0.2) is 9.78 Å². The summed E-state index contributed by atoms with van der Waals surface area (Å²) in [5.74, 6) is 0.462. The Morgan fingerprint density at radius 1 is 1.21 bits per heavy atom. The number of ether oxygens (including phenoxy) is 1. The van der Waals surface area contributed by atoms with Gasteiger partial charge in [0, 0.05) is 22.9 Å². The number of hydrogen-bond acceptors (Lipinski definition) is 6. The Labute approximate surface area is 170 Å². The maximum Gasteiger partial charge on any atom is 0.404 e. The van der Waals surface area contributed by atoms with Gasteiger partial charge in [0.15, 0.2) is 5.58 Å². The normalized spacial score (nSPS) is 10.8. The number of benzene rings is 2. The number of halogens is 1. The summed E-state index contributed by atoms with van der Waals surface area (Å²) < 4.78 is 10.3. The van der Waals surface area contributed by atoms with E-state index in [1.807, 2.05) is 24.3 Å². The molecule has 0 aliphatic rings. The molecular formula is C19H18ClN3O4S. The minimum atomic E-state index is -0.826. The van der Waals surface area contributed by atoms with E-state index in [9.17, 15) is 9.59 Å². The van der Waals surface area contributed by atoms with Crippen molar-refractivity contribution in [2.45, 2.75) is 17.4 Å². The lowest BCUT2D eigenvalue weighted by atomic mass is 10.2. The first kappa shape index (κ1) is 20.0. The monoisotopic (exact) mass is 419 g/mol. The SMILES string of the molecule is NC(=O)OCCCNC(=O)c1ccc2oc(SCc3ccc(Cl)cc3)nc2c1. The highest BCUT2D eigenvalue weighted by Gasteiger charge is 2.11. The average molecular weight is 420 g/mol. The summed E-state index contributed by atoms with van der Waals surface area (Å²) >= 11 is 7.36. The van der Waals surface area contributed by atoms with Crippen molar-refractivity contribution in [3.05, 3.63) is 58.6 Å². The van der Waals surface area contributed by atoms with Crippen molar-refractivity contribution in [2.75, 3.05) is 13.2 Å². The molecule has 146 valence electrons. The molecule has 0 bridgehead atoms. The molecule has 28 heavy (non-hydrogen) atoms. The lowest BCUT2D eigenvalue weighted by Crippen LogP contribution is -2.26. The molecule has 2 amide bonds. The van der Waals surface area contributed by atoms with Gasteiger partial charge in [-0.05, 0) is 42.3 Å². The number of primary amides is 1. The second-order valence-corrected chi connectivity index (χ2v) is 7.22. The van der Waals surface area contributed by atoms with E-state index in [-0.39, 0.29) is 12.5 Å². The van der Waals surface area contributed by atoms with Gasteiger partial charge < -0.3 is 20.2 Å². The van der Waals surface area contributed by atoms with Crippen LogP contribution in [0.1, 0.15) is 22.3 Å². The number of amides is 2. The van der Waals surface area contributed by atoms with Crippen LogP contribution >= 0.6 is 23.4 Å². The third-order valence-electron chi connectivity index (χ3n) is 3.76. The molecule has 0 saturated carbocycles. The van der Waals surface area contributed by atoms with Crippen molar-refractivity contribution in [3.63, 3.8) is 0 Å².